The highest BCUT2D eigenvalue weighted by molar-refractivity contribution is 9.10. The monoisotopic (exact) mass is 356 g/mol. The van der Waals surface area contributed by atoms with Crippen LogP contribution < -0.4 is 5.32 Å². The van der Waals surface area contributed by atoms with Gasteiger partial charge in [0, 0.05) is 10.5 Å². The lowest BCUT2D eigenvalue weighted by atomic mass is 10.2. The van der Waals surface area contributed by atoms with Gasteiger partial charge in [0.15, 0.2) is 0 Å². The fourth-order valence-corrected chi connectivity index (χ4v) is 2.61. The maximum absolute atomic E-state index is 12.4. The van der Waals surface area contributed by atoms with Gasteiger partial charge in [-0.05, 0) is 33.6 Å². The summed E-state index contributed by atoms with van der Waals surface area (Å²) in [7, 11) is 0. The second-order valence-corrected chi connectivity index (χ2v) is 5.73. The lowest BCUT2D eigenvalue weighted by Crippen LogP contribution is -2.31. The second-order valence-electron chi connectivity index (χ2n) is 4.88. The molecule has 1 heterocycles. The van der Waals surface area contributed by atoms with E-state index in [0.717, 1.165) is 15.7 Å². The first-order chi connectivity index (χ1) is 10.6. The first-order valence-electron chi connectivity index (χ1n) is 6.78. The maximum atomic E-state index is 12.4. The molecule has 0 aromatic heterocycles. The van der Waals surface area contributed by atoms with E-state index >= 15 is 0 Å². The van der Waals surface area contributed by atoms with Crippen LogP contribution in [-0.2, 0) is 16.1 Å². The van der Waals surface area contributed by atoms with Crippen molar-refractivity contribution in [1.82, 2.24) is 4.90 Å². The van der Waals surface area contributed by atoms with Crippen molar-refractivity contribution in [3.8, 4) is 0 Å². The predicted molar refractivity (Wildman–Crippen MR) is 87.8 cm³/mol. The number of carbonyl (C=O) groups excluding carboxylic acids is 2. The molecule has 0 atom stereocenters. The van der Waals surface area contributed by atoms with Gasteiger partial charge in [-0.2, -0.15) is 0 Å². The number of nitrogens with zero attached hydrogens (tertiary/aromatic N) is 1. The molecule has 0 bridgehead atoms. The number of carbonyl (C=O) groups is 2. The Kier molecular flexibility index (Phi) is 4.06. The Morgan fingerprint density at radius 2 is 1.64 bits per heavy atom. The van der Waals surface area contributed by atoms with E-state index in [4.69, 9.17) is 0 Å². The molecule has 0 aliphatic carbocycles. The molecule has 4 nitrogen and oxygen atoms in total. The molecular formula is C17H13BrN2O2. The molecule has 0 radical (unpaired) electrons. The minimum Gasteiger partial charge on any atom is -0.350 e. The molecule has 0 spiro atoms. The molecule has 0 saturated heterocycles. The predicted octanol–water partition coefficient (Wildman–Crippen LogP) is 3.31. The fourth-order valence-electron chi connectivity index (χ4n) is 2.22. The first-order valence-corrected chi connectivity index (χ1v) is 7.57. The Labute approximate surface area is 136 Å². The van der Waals surface area contributed by atoms with Crippen LogP contribution in [0, 0.1) is 0 Å². The van der Waals surface area contributed by atoms with Gasteiger partial charge in [0.1, 0.15) is 5.70 Å². The minimum atomic E-state index is -0.315. The Balaban J connectivity index is 1.76. The summed E-state index contributed by atoms with van der Waals surface area (Å²) in [5, 5.41) is 3.01. The van der Waals surface area contributed by atoms with E-state index in [9.17, 15) is 9.59 Å². The molecule has 22 heavy (non-hydrogen) atoms. The van der Waals surface area contributed by atoms with Gasteiger partial charge < -0.3 is 5.32 Å². The average molecular weight is 357 g/mol. The highest BCUT2D eigenvalue weighted by Crippen LogP contribution is 2.25. The molecule has 5 heteroatoms. The van der Waals surface area contributed by atoms with Crippen LogP contribution in [0.5, 0.6) is 0 Å². The number of anilines is 1. The highest BCUT2D eigenvalue weighted by Gasteiger charge is 2.31. The van der Waals surface area contributed by atoms with Crippen LogP contribution in [0.1, 0.15) is 5.56 Å². The summed E-state index contributed by atoms with van der Waals surface area (Å²) in [6.07, 6.45) is 1.34. The van der Waals surface area contributed by atoms with Gasteiger partial charge in [-0.3, -0.25) is 14.5 Å². The Morgan fingerprint density at radius 3 is 2.36 bits per heavy atom. The summed E-state index contributed by atoms with van der Waals surface area (Å²) in [5.74, 6) is -0.618. The normalized spacial score (nSPS) is 14.2. The number of nitrogens with one attached hydrogen (secondary N) is 1. The SMILES string of the molecule is O=C1C=C(Nc2ccccc2Br)C(=O)N1Cc1ccccc1. The van der Waals surface area contributed by atoms with Crippen molar-refractivity contribution >= 4 is 33.4 Å². The van der Waals surface area contributed by atoms with Crippen molar-refractivity contribution in [1.29, 1.82) is 0 Å². The van der Waals surface area contributed by atoms with Crippen molar-refractivity contribution in [3.05, 3.63) is 76.4 Å². The number of rotatable bonds is 4. The van der Waals surface area contributed by atoms with E-state index in [1.165, 1.54) is 11.0 Å². The Hall–Kier alpha value is -2.40. The van der Waals surface area contributed by atoms with Crippen molar-refractivity contribution < 1.29 is 9.59 Å². The summed E-state index contributed by atoms with van der Waals surface area (Å²) in [6.45, 7) is 0.274. The standard InChI is InChI=1S/C17H13BrN2O2/c18-13-8-4-5-9-14(13)19-15-10-16(21)20(17(15)22)11-12-6-2-1-3-7-12/h1-10,19H,11H2. The quantitative estimate of drug-likeness (QED) is 0.855. The topological polar surface area (TPSA) is 49.4 Å². The third-order valence-electron chi connectivity index (χ3n) is 3.34. The van der Waals surface area contributed by atoms with E-state index in [1.807, 2.05) is 54.6 Å². The number of imide groups is 1. The van der Waals surface area contributed by atoms with Gasteiger partial charge in [-0.1, -0.05) is 42.5 Å². The van der Waals surface area contributed by atoms with E-state index in [2.05, 4.69) is 21.2 Å². The van der Waals surface area contributed by atoms with Crippen LogP contribution in [0.4, 0.5) is 5.69 Å². The maximum Gasteiger partial charge on any atom is 0.277 e. The van der Waals surface area contributed by atoms with Gasteiger partial charge in [0.25, 0.3) is 11.8 Å². The van der Waals surface area contributed by atoms with E-state index in [0.29, 0.717) is 0 Å². The first kappa shape index (κ1) is 14.5. The Bertz CT molecular complexity index is 756. The van der Waals surface area contributed by atoms with Crippen LogP contribution >= 0.6 is 15.9 Å². The van der Waals surface area contributed by atoms with Crippen LogP contribution in [0.15, 0.2) is 70.8 Å². The zero-order valence-electron chi connectivity index (χ0n) is 11.6. The molecule has 1 aliphatic heterocycles. The van der Waals surface area contributed by atoms with Crippen molar-refractivity contribution in [2.75, 3.05) is 5.32 Å². The summed E-state index contributed by atoms with van der Waals surface area (Å²) >= 11 is 3.41. The van der Waals surface area contributed by atoms with Crippen molar-refractivity contribution in [2.45, 2.75) is 6.54 Å². The van der Waals surface area contributed by atoms with Crippen LogP contribution in [0.25, 0.3) is 0 Å². The molecule has 0 unspecified atom stereocenters. The largest absolute Gasteiger partial charge is 0.350 e. The van der Waals surface area contributed by atoms with E-state index < -0.39 is 0 Å². The number of hydrogen-bond acceptors (Lipinski definition) is 3. The summed E-state index contributed by atoms with van der Waals surface area (Å²) in [5.41, 5.74) is 1.95. The average Bonchev–Trinajstić information content (AvgIpc) is 2.78. The molecule has 110 valence electrons. The molecule has 0 fully saturated rings. The van der Waals surface area contributed by atoms with E-state index in [-0.39, 0.29) is 24.1 Å². The van der Waals surface area contributed by atoms with Gasteiger partial charge in [-0.25, -0.2) is 0 Å². The van der Waals surface area contributed by atoms with E-state index in [1.54, 1.807) is 0 Å². The molecule has 1 aliphatic rings. The lowest BCUT2D eigenvalue weighted by molar-refractivity contribution is -0.137. The molecule has 1 N–H and O–H groups in total. The number of amides is 2. The van der Waals surface area contributed by atoms with Gasteiger partial charge in [0.05, 0.1) is 12.2 Å². The molecular weight excluding hydrogens is 344 g/mol. The number of halogens is 1. The van der Waals surface area contributed by atoms with Crippen LogP contribution in [0.3, 0.4) is 0 Å². The summed E-state index contributed by atoms with van der Waals surface area (Å²) < 4.78 is 0.831. The third kappa shape index (κ3) is 2.94. The molecule has 2 aromatic carbocycles. The highest BCUT2D eigenvalue weighted by atomic mass is 79.9. The molecule has 3 rings (SSSR count). The van der Waals surface area contributed by atoms with Crippen molar-refractivity contribution in [3.63, 3.8) is 0 Å². The van der Waals surface area contributed by atoms with Gasteiger partial charge in [0.2, 0.25) is 0 Å². The molecule has 0 saturated carbocycles. The van der Waals surface area contributed by atoms with Crippen LogP contribution in [0.2, 0.25) is 0 Å². The molecule has 2 amide bonds. The van der Waals surface area contributed by atoms with Crippen LogP contribution in [-0.4, -0.2) is 16.7 Å². The molecule has 2 aromatic rings. The van der Waals surface area contributed by atoms with Crippen molar-refractivity contribution in [2.24, 2.45) is 0 Å². The number of para-hydroxylation sites is 1. The smallest absolute Gasteiger partial charge is 0.277 e. The Morgan fingerprint density at radius 1 is 0.955 bits per heavy atom. The summed E-state index contributed by atoms with van der Waals surface area (Å²) in [4.78, 5) is 25.7. The fraction of sp³-hybridized carbons (Fsp3) is 0.0588. The number of hydrogen-bond donors (Lipinski definition) is 1. The zero-order chi connectivity index (χ0) is 15.5. The second kappa shape index (κ2) is 6.15. The lowest BCUT2D eigenvalue weighted by Gasteiger charge is -2.15. The van der Waals surface area contributed by atoms with Gasteiger partial charge in [-0.15, -0.1) is 0 Å². The minimum absolute atomic E-state index is 0.274. The zero-order valence-corrected chi connectivity index (χ0v) is 13.2. The number of benzene rings is 2. The summed E-state index contributed by atoms with van der Waals surface area (Å²) in [6, 6.07) is 16.9. The van der Waals surface area contributed by atoms with Gasteiger partial charge >= 0.3 is 0 Å². The third-order valence-corrected chi connectivity index (χ3v) is 4.03.